The fourth-order valence-electron chi connectivity index (χ4n) is 0. The van der Waals surface area contributed by atoms with Crippen molar-refractivity contribution in [2.24, 2.45) is 0 Å². The first kappa shape index (κ1) is 9.45. The van der Waals surface area contributed by atoms with E-state index in [2.05, 4.69) is 11.6 Å². The Kier molecular flexibility index (Phi) is 9.65. The molecule has 28 valence electrons. The van der Waals surface area contributed by atoms with Gasteiger partial charge in [-0.3, -0.25) is 0 Å². The Balaban J connectivity index is 0. The van der Waals surface area contributed by atoms with Crippen molar-refractivity contribution in [3.05, 3.63) is 0 Å². The summed E-state index contributed by atoms with van der Waals surface area (Å²) >= 11 is 4.19. The van der Waals surface area contributed by atoms with Crippen molar-refractivity contribution in [2.45, 2.75) is 0 Å². The molecule has 0 aromatic carbocycles. The summed E-state index contributed by atoms with van der Waals surface area (Å²) in [5, 5.41) is 7.18. The first-order valence-electron chi connectivity index (χ1n) is 0.617. The van der Waals surface area contributed by atoms with Crippen LogP contribution in [-0.2, 0) is 0 Å². The van der Waals surface area contributed by atoms with Gasteiger partial charge in [0.2, 0.25) is 0 Å². The maximum absolute atomic E-state index is 8.77. The van der Waals surface area contributed by atoms with Crippen molar-refractivity contribution >= 4 is 17.0 Å². The summed E-state index contributed by atoms with van der Waals surface area (Å²) in [5.74, 6) is 0. The molecule has 0 saturated carbocycles. The van der Waals surface area contributed by atoms with Gasteiger partial charge in [-0.05, 0) is 0 Å². The fraction of sp³-hybridized carbons (Fsp3) is 0. The van der Waals surface area contributed by atoms with Gasteiger partial charge in [0.1, 0.15) is 0 Å². The molecule has 0 heterocycles. The van der Waals surface area contributed by atoms with Gasteiger partial charge < -0.3 is 5.11 Å². The first-order valence-corrected chi connectivity index (χ1v) is 0.995. The molecule has 5 heavy (non-hydrogen) atoms. The van der Waals surface area contributed by atoms with E-state index < -0.39 is 5.43 Å². The van der Waals surface area contributed by atoms with E-state index in [4.69, 9.17) is 9.90 Å². The molecule has 0 spiro atoms. The van der Waals surface area contributed by atoms with Crippen LogP contribution < -0.4 is 0 Å². The molecule has 0 aliphatic heterocycles. The number of rotatable bonds is 0. The molecule has 0 bridgehead atoms. The van der Waals surface area contributed by atoms with Crippen LogP contribution in [0.25, 0.3) is 0 Å². The van der Waals surface area contributed by atoms with Gasteiger partial charge in [-0.2, -0.15) is 0 Å². The molecule has 0 aliphatic rings. The van der Waals surface area contributed by atoms with Gasteiger partial charge in [-0.25, -0.2) is 4.79 Å². The standard InChI is InChI=1S/CHClO2.Nd/c2-1(3)4;/h(H,3,4);. The molecule has 0 amide bonds. The number of hydrogen-bond donors (Lipinski definition) is 1. The predicted molar refractivity (Wildman–Crippen MR) is 13.9 cm³/mol. The van der Waals surface area contributed by atoms with Gasteiger partial charge in [-0.15, -0.1) is 0 Å². The SMILES string of the molecule is O=C(O)Cl.[Nd]. The van der Waals surface area contributed by atoms with Gasteiger partial charge in [-0.1, -0.05) is 0 Å². The molecule has 0 aromatic rings. The smallest absolute Gasteiger partial charge is 0.401 e. The molecule has 0 atom stereocenters. The third kappa shape index (κ3) is 40.1. The Hall–Kier alpha value is 1.11. The molecule has 0 radical (unpaired) electrons. The van der Waals surface area contributed by atoms with Gasteiger partial charge in [0.05, 0.1) is 0 Å². The molecule has 4 heteroatoms. The van der Waals surface area contributed by atoms with Gasteiger partial charge in [0, 0.05) is 52.4 Å². The molecule has 0 aliphatic carbocycles. The molecule has 2 nitrogen and oxygen atoms in total. The molecule has 0 aromatic heterocycles. The van der Waals surface area contributed by atoms with Crippen LogP contribution in [-0.4, -0.2) is 10.5 Å². The van der Waals surface area contributed by atoms with Crippen molar-refractivity contribution in [3.8, 4) is 0 Å². The van der Waals surface area contributed by atoms with Crippen LogP contribution in [0.3, 0.4) is 0 Å². The van der Waals surface area contributed by atoms with Crippen LogP contribution in [0.15, 0.2) is 0 Å². The summed E-state index contributed by atoms with van der Waals surface area (Å²) in [6, 6.07) is 0. The van der Waals surface area contributed by atoms with Crippen LogP contribution in [0.1, 0.15) is 0 Å². The zero-order valence-corrected chi connectivity index (χ0v) is 6.20. The Morgan fingerprint density at radius 1 is 1.80 bits per heavy atom. The Bertz CT molecular complexity index is 32.6. The van der Waals surface area contributed by atoms with Gasteiger partial charge in [0.15, 0.2) is 0 Å². The van der Waals surface area contributed by atoms with Crippen molar-refractivity contribution in [1.82, 2.24) is 0 Å². The molecule has 0 saturated heterocycles. The third-order valence-electron chi connectivity index (χ3n) is 0. The van der Waals surface area contributed by atoms with Crippen molar-refractivity contribution in [1.29, 1.82) is 0 Å². The van der Waals surface area contributed by atoms with Crippen LogP contribution in [0, 0.1) is 40.8 Å². The number of carboxylic acid groups (broad SMARTS) is 1. The minimum Gasteiger partial charge on any atom is -0.469 e. The van der Waals surface area contributed by atoms with E-state index in [-0.39, 0.29) is 40.8 Å². The number of hydrogen-bond acceptors (Lipinski definition) is 1. The van der Waals surface area contributed by atoms with E-state index in [9.17, 15) is 0 Å². The maximum atomic E-state index is 8.77. The van der Waals surface area contributed by atoms with E-state index in [1.54, 1.807) is 0 Å². The molecular weight excluding hydrogens is 224 g/mol. The minimum absolute atomic E-state index is 0. The molecular formula is CHClNdO2. The molecule has 0 fully saturated rings. The summed E-state index contributed by atoms with van der Waals surface area (Å²) in [4.78, 5) is 8.77. The summed E-state index contributed by atoms with van der Waals surface area (Å²) < 4.78 is 0. The summed E-state index contributed by atoms with van der Waals surface area (Å²) in [7, 11) is 0. The van der Waals surface area contributed by atoms with Gasteiger partial charge >= 0.3 is 5.43 Å². The second-order valence-corrected chi connectivity index (χ2v) is 0.576. The van der Waals surface area contributed by atoms with E-state index in [0.29, 0.717) is 0 Å². The second-order valence-electron chi connectivity index (χ2n) is 0.253. The number of halogens is 1. The fourth-order valence-corrected chi connectivity index (χ4v) is 0. The third-order valence-corrected chi connectivity index (χ3v) is 0. The van der Waals surface area contributed by atoms with E-state index in [1.807, 2.05) is 0 Å². The van der Waals surface area contributed by atoms with E-state index >= 15 is 0 Å². The summed E-state index contributed by atoms with van der Waals surface area (Å²) in [5.41, 5.74) is -1.36. The quantitative estimate of drug-likeness (QED) is 0.621. The van der Waals surface area contributed by atoms with E-state index in [1.165, 1.54) is 0 Å². The average molecular weight is 225 g/mol. The first-order chi connectivity index (χ1) is 1.73. The van der Waals surface area contributed by atoms with Gasteiger partial charge in [0.25, 0.3) is 0 Å². The summed E-state index contributed by atoms with van der Waals surface area (Å²) in [6.07, 6.45) is 0. The van der Waals surface area contributed by atoms with Crippen molar-refractivity contribution in [2.75, 3.05) is 0 Å². The molecule has 0 unspecified atom stereocenters. The van der Waals surface area contributed by atoms with Crippen LogP contribution in [0.4, 0.5) is 4.79 Å². The Morgan fingerprint density at radius 2 is 1.80 bits per heavy atom. The Morgan fingerprint density at radius 3 is 1.80 bits per heavy atom. The normalized spacial score (nSPS) is 5.00. The predicted octanol–water partition coefficient (Wildman–Crippen LogP) is 0.903. The topological polar surface area (TPSA) is 37.3 Å². The second kappa shape index (κ2) is 5.11. The largest absolute Gasteiger partial charge is 0.469 e. The molecule has 0 rings (SSSR count). The monoisotopic (exact) mass is 222 g/mol. The Labute approximate surface area is 67.0 Å². The van der Waals surface area contributed by atoms with Crippen LogP contribution in [0.2, 0.25) is 0 Å². The van der Waals surface area contributed by atoms with Crippen LogP contribution in [0.5, 0.6) is 0 Å². The maximum Gasteiger partial charge on any atom is 0.401 e. The van der Waals surface area contributed by atoms with E-state index in [0.717, 1.165) is 0 Å². The number of carbonyl (C=O) groups is 1. The zero-order chi connectivity index (χ0) is 3.58. The zero-order valence-electron chi connectivity index (χ0n) is 2.23. The minimum atomic E-state index is -1.36. The average Bonchev–Trinajstić information content (AvgIpc) is 0.811. The summed E-state index contributed by atoms with van der Waals surface area (Å²) in [6.45, 7) is 0. The molecule has 1 N–H and O–H groups in total. The van der Waals surface area contributed by atoms with Crippen molar-refractivity contribution < 1.29 is 50.7 Å². The van der Waals surface area contributed by atoms with Crippen LogP contribution >= 0.6 is 11.6 Å². The van der Waals surface area contributed by atoms with Crippen molar-refractivity contribution in [3.63, 3.8) is 0 Å².